The molecular weight excluding hydrogens is 362 g/mol. The van der Waals surface area contributed by atoms with Crippen LogP contribution in [0, 0.1) is 0 Å². The van der Waals surface area contributed by atoms with Crippen LogP contribution in [0.5, 0.6) is 0 Å². The van der Waals surface area contributed by atoms with Crippen molar-refractivity contribution >= 4 is 37.8 Å². The lowest BCUT2D eigenvalue weighted by atomic mass is 10.2. The van der Waals surface area contributed by atoms with Crippen LogP contribution < -0.4 is 0 Å². The molecule has 94 valence electrons. The van der Waals surface area contributed by atoms with Crippen LogP contribution in [-0.4, -0.2) is 17.6 Å². The molecule has 0 atom stereocenters. The lowest BCUT2D eigenvalue weighted by molar-refractivity contribution is 0.0591. The summed E-state index contributed by atoms with van der Waals surface area (Å²) in [4.78, 5) is 11.6. The molecule has 1 aromatic carbocycles. The second kappa shape index (κ2) is 5.71. The second-order valence-corrected chi connectivity index (χ2v) is 6.71. The highest BCUT2D eigenvalue weighted by Crippen LogP contribution is 2.29. The van der Waals surface area contributed by atoms with Gasteiger partial charge in [0, 0.05) is 11.9 Å². The van der Waals surface area contributed by atoms with E-state index in [-0.39, 0.29) is 9.71 Å². The van der Waals surface area contributed by atoms with Gasteiger partial charge in [0.1, 0.15) is 5.69 Å². The third-order valence-electron chi connectivity index (χ3n) is 2.57. The van der Waals surface area contributed by atoms with Gasteiger partial charge in [-0.15, -0.1) is 0 Å². The minimum absolute atomic E-state index is 0.129. The van der Waals surface area contributed by atoms with Crippen LogP contribution >= 0.6 is 31.9 Å². The summed E-state index contributed by atoms with van der Waals surface area (Å²) in [5.41, 5.74) is 2.55. The van der Waals surface area contributed by atoms with Gasteiger partial charge in [-0.3, -0.25) is 0 Å². The minimum Gasteiger partial charge on any atom is -0.464 e. The average Bonchev–Trinajstić information content (AvgIpc) is 2.87. The smallest absolute Gasteiger partial charge is 0.355 e. The number of alkyl halides is 2. The first-order chi connectivity index (χ1) is 8.63. The molecule has 0 aliphatic rings. The Kier molecular flexibility index (Phi) is 4.24. The topological polar surface area (TPSA) is 31.2 Å². The Labute approximate surface area is 122 Å². The van der Waals surface area contributed by atoms with Crippen LogP contribution in [-0.2, 0) is 4.74 Å². The Morgan fingerprint density at radius 3 is 2.44 bits per heavy atom. The standard InChI is InChI=1S/C13H11Br2NO2/c1-18-13(17)11-3-2-8-16(11)10-6-4-9(5-7-10)12(14)15/h2-8,12H,1H3. The highest BCUT2D eigenvalue weighted by Gasteiger charge is 2.12. The van der Waals surface area contributed by atoms with Crippen molar-refractivity contribution in [3.8, 4) is 5.69 Å². The number of carbonyl (C=O) groups excluding carboxylic acids is 1. The zero-order valence-electron chi connectivity index (χ0n) is 9.64. The highest BCUT2D eigenvalue weighted by atomic mass is 79.9. The summed E-state index contributed by atoms with van der Waals surface area (Å²) in [5.74, 6) is -0.345. The van der Waals surface area contributed by atoms with Crippen LogP contribution in [0.25, 0.3) is 5.69 Å². The van der Waals surface area contributed by atoms with Crippen molar-refractivity contribution in [1.82, 2.24) is 4.57 Å². The van der Waals surface area contributed by atoms with Gasteiger partial charge in [0.15, 0.2) is 0 Å². The first kappa shape index (κ1) is 13.4. The van der Waals surface area contributed by atoms with Gasteiger partial charge in [-0.1, -0.05) is 44.0 Å². The fourth-order valence-corrected chi connectivity index (χ4v) is 2.27. The molecule has 0 amide bonds. The zero-order chi connectivity index (χ0) is 13.1. The van der Waals surface area contributed by atoms with Crippen molar-refractivity contribution in [2.24, 2.45) is 0 Å². The van der Waals surface area contributed by atoms with Crippen molar-refractivity contribution in [3.63, 3.8) is 0 Å². The molecule has 3 nitrogen and oxygen atoms in total. The zero-order valence-corrected chi connectivity index (χ0v) is 12.8. The Morgan fingerprint density at radius 1 is 1.22 bits per heavy atom. The van der Waals surface area contributed by atoms with Crippen LogP contribution in [0.1, 0.15) is 19.8 Å². The number of aromatic nitrogens is 1. The molecule has 0 aliphatic carbocycles. The SMILES string of the molecule is COC(=O)c1cccn1-c1ccc(C(Br)Br)cc1. The van der Waals surface area contributed by atoms with E-state index in [1.165, 1.54) is 7.11 Å². The molecule has 0 bridgehead atoms. The van der Waals surface area contributed by atoms with Crippen LogP contribution in [0.15, 0.2) is 42.6 Å². The number of ether oxygens (including phenoxy) is 1. The van der Waals surface area contributed by atoms with E-state index in [4.69, 9.17) is 4.74 Å². The van der Waals surface area contributed by atoms with E-state index in [2.05, 4.69) is 31.9 Å². The van der Waals surface area contributed by atoms with Gasteiger partial charge >= 0.3 is 5.97 Å². The van der Waals surface area contributed by atoms with Crippen molar-refractivity contribution in [3.05, 3.63) is 53.9 Å². The fourth-order valence-electron chi connectivity index (χ4n) is 1.66. The molecule has 0 unspecified atom stereocenters. The first-order valence-corrected chi connectivity index (χ1v) is 7.11. The number of hydrogen-bond donors (Lipinski definition) is 0. The predicted molar refractivity (Wildman–Crippen MR) is 77.7 cm³/mol. The van der Waals surface area contributed by atoms with Crippen LogP contribution in [0.3, 0.4) is 0 Å². The van der Waals surface area contributed by atoms with E-state index in [1.807, 2.05) is 36.5 Å². The van der Waals surface area contributed by atoms with Gasteiger partial charge in [-0.05, 0) is 29.8 Å². The van der Waals surface area contributed by atoms with E-state index >= 15 is 0 Å². The number of nitrogens with zero attached hydrogens (tertiary/aromatic N) is 1. The molecule has 1 heterocycles. The van der Waals surface area contributed by atoms with Crippen molar-refractivity contribution in [1.29, 1.82) is 0 Å². The minimum atomic E-state index is -0.345. The number of hydrogen-bond acceptors (Lipinski definition) is 2. The molecule has 18 heavy (non-hydrogen) atoms. The predicted octanol–water partition coefficient (Wildman–Crippen LogP) is 4.05. The summed E-state index contributed by atoms with van der Waals surface area (Å²) in [6.45, 7) is 0. The number of carbonyl (C=O) groups is 1. The molecule has 2 rings (SSSR count). The Morgan fingerprint density at radius 2 is 1.89 bits per heavy atom. The normalized spacial score (nSPS) is 10.7. The number of esters is 1. The Hall–Kier alpha value is -1.07. The number of methoxy groups -OCH3 is 1. The summed E-state index contributed by atoms with van der Waals surface area (Å²) in [7, 11) is 1.38. The van der Waals surface area contributed by atoms with Crippen LogP contribution in [0.4, 0.5) is 0 Å². The Bertz CT molecular complexity index is 546. The van der Waals surface area contributed by atoms with E-state index < -0.39 is 0 Å². The molecule has 0 saturated carbocycles. The molecule has 0 saturated heterocycles. The maximum absolute atomic E-state index is 11.6. The molecule has 2 aromatic rings. The third-order valence-corrected chi connectivity index (χ3v) is 3.62. The lowest BCUT2D eigenvalue weighted by Gasteiger charge is -2.09. The van der Waals surface area contributed by atoms with Crippen molar-refractivity contribution in [2.45, 2.75) is 3.74 Å². The number of rotatable bonds is 3. The van der Waals surface area contributed by atoms with Crippen molar-refractivity contribution < 1.29 is 9.53 Å². The van der Waals surface area contributed by atoms with E-state index in [0.717, 1.165) is 11.3 Å². The second-order valence-electron chi connectivity index (χ2n) is 3.65. The summed E-state index contributed by atoms with van der Waals surface area (Å²) in [6, 6.07) is 11.4. The first-order valence-electron chi connectivity index (χ1n) is 5.27. The summed E-state index contributed by atoms with van der Waals surface area (Å²) in [5, 5.41) is 0. The van der Waals surface area contributed by atoms with E-state index in [9.17, 15) is 4.79 Å². The molecule has 0 N–H and O–H groups in total. The molecule has 0 spiro atoms. The molecule has 5 heteroatoms. The van der Waals surface area contributed by atoms with Crippen LogP contribution in [0.2, 0.25) is 0 Å². The van der Waals surface area contributed by atoms with Gasteiger partial charge in [0.2, 0.25) is 0 Å². The number of benzene rings is 1. The van der Waals surface area contributed by atoms with Crippen molar-refractivity contribution in [2.75, 3.05) is 7.11 Å². The largest absolute Gasteiger partial charge is 0.464 e. The van der Waals surface area contributed by atoms with E-state index in [0.29, 0.717) is 5.69 Å². The molecule has 1 aromatic heterocycles. The van der Waals surface area contributed by atoms with E-state index in [1.54, 1.807) is 10.6 Å². The summed E-state index contributed by atoms with van der Waals surface area (Å²) < 4.78 is 6.67. The maximum atomic E-state index is 11.6. The number of halogens is 2. The van der Waals surface area contributed by atoms with Gasteiger partial charge in [0.25, 0.3) is 0 Å². The van der Waals surface area contributed by atoms with Gasteiger partial charge in [0.05, 0.1) is 10.8 Å². The molecule has 0 radical (unpaired) electrons. The van der Waals surface area contributed by atoms with Gasteiger partial charge in [-0.2, -0.15) is 0 Å². The monoisotopic (exact) mass is 371 g/mol. The third kappa shape index (κ3) is 2.67. The Balaban J connectivity index is 2.37. The maximum Gasteiger partial charge on any atom is 0.355 e. The van der Waals surface area contributed by atoms with Gasteiger partial charge < -0.3 is 9.30 Å². The summed E-state index contributed by atoms with van der Waals surface area (Å²) in [6.07, 6.45) is 1.83. The lowest BCUT2D eigenvalue weighted by Crippen LogP contribution is -2.08. The quantitative estimate of drug-likeness (QED) is 0.601. The highest BCUT2D eigenvalue weighted by molar-refractivity contribution is 9.24. The summed E-state index contributed by atoms with van der Waals surface area (Å²) >= 11 is 6.88. The average molecular weight is 373 g/mol. The molecule has 0 fully saturated rings. The fraction of sp³-hybridized carbons (Fsp3) is 0.154. The molecule has 0 aliphatic heterocycles. The molecular formula is C13H11Br2NO2. The van der Waals surface area contributed by atoms with Gasteiger partial charge in [-0.25, -0.2) is 4.79 Å².